The Balaban J connectivity index is 1.49. The Morgan fingerprint density at radius 2 is 1.29 bits per heavy atom. The van der Waals surface area contributed by atoms with Crippen LogP contribution < -0.4 is 0 Å². The maximum absolute atomic E-state index is 11.9. The molecule has 0 spiro atoms. The number of unbranched alkanes of at least 4 members (excludes halogenated alkanes) is 2. The lowest BCUT2D eigenvalue weighted by molar-refractivity contribution is -0.144. The van der Waals surface area contributed by atoms with E-state index in [-0.39, 0.29) is 24.7 Å². The predicted molar refractivity (Wildman–Crippen MR) is 165 cm³/mol. The first kappa shape index (κ1) is 32.3. The fraction of sp³-hybridized carbons (Fsp3) is 0.500. The van der Waals surface area contributed by atoms with Crippen molar-refractivity contribution >= 4 is 11.9 Å². The maximum atomic E-state index is 11.9. The van der Waals surface area contributed by atoms with Crippen molar-refractivity contribution in [2.24, 2.45) is 5.92 Å². The van der Waals surface area contributed by atoms with Gasteiger partial charge in [0.05, 0.1) is 25.4 Å². The van der Waals surface area contributed by atoms with Crippen LogP contribution in [0.25, 0.3) is 0 Å². The molecule has 5 heteroatoms. The minimum Gasteiger partial charge on any atom is -0.462 e. The largest absolute Gasteiger partial charge is 0.462 e. The van der Waals surface area contributed by atoms with Crippen molar-refractivity contribution in [1.29, 1.82) is 0 Å². The van der Waals surface area contributed by atoms with Gasteiger partial charge in [-0.05, 0) is 92.4 Å². The van der Waals surface area contributed by atoms with Gasteiger partial charge in [-0.2, -0.15) is 0 Å². The van der Waals surface area contributed by atoms with E-state index in [1.54, 1.807) is 6.92 Å². The van der Waals surface area contributed by atoms with Crippen LogP contribution in [0.2, 0.25) is 0 Å². The molecule has 2 aromatic carbocycles. The third kappa shape index (κ3) is 10.6. The van der Waals surface area contributed by atoms with Crippen molar-refractivity contribution in [2.75, 3.05) is 19.8 Å². The smallest absolute Gasteiger partial charge is 0.335 e. The number of hydrogen-bond acceptors (Lipinski definition) is 5. The zero-order valence-corrected chi connectivity index (χ0v) is 25.0. The summed E-state index contributed by atoms with van der Waals surface area (Å²) < 4.78 is 10.6. The Bertz CT molecular complexity index is 1120. The van der Waals surface area contributed by atoms with E-state index in [1.165, 1.54) is 73.6 Å². The molecule has 0 radical (unpaired) electrons. The number of rotatable bonds is 16. The number of benzene rings is 2. The SMILES string of the molecule is C=C(C)C(=O)OCC(CCc1ccc(C2CCC(c3ccc(CCCCC)cc3)CC2)cc1)COC(=O)C(=C)CO. The molecule has 222 valence electrons. The van der Waals surface area contributed by atoms with Crippen molar-refractivity contribution in [2.45, 2.75) is 89.9 Å². The van der Waals surface area contributed by atoms with Gasteiger partial charge in [0, 0.05) is 11.5 Å². The Hall–Kier alpha value is -3.18. The molecular weight excluding hydrogens is 512 g/mol. The topological polar surface area (TPSA) is 72.8 Å². The van der Waals surface area contributed by atoms with Crippen LogP contribution in [-0.4, -0.2) is 36.9 Å². The average molecular weight is 561 g/mol. The number of carbonyl (C=O) groups excluding carboxylic acids is 2. The summed E-state index contributed by atoms with van der Waals surface area (Å²) in [5.41, 5.74) is 5.89. The van der Waals surface area contributed by atoms with Crippen molar-refractivity contribution in [3.63, 3.8) is 0 Å². The number of aliphatic hydroxyl groups excluding tert-OH is 1. The van der Waals surface area contributed by atoms with Crippen LogP contribution in [0.3, 0.4) is 0 Å². The molecule has 1 aliphatic carbocycles. The molecule has 3 rings (SSSR count). The van der Waals surface area contributed by atoms with Crippen LogP contribution in [0.4, 0.5) is 0 Å². The Labute approximate surface area is 246 Å². The third-order valence-electron chi connectivity index (χ3n) is 8.27. The molecular formula is C36H48O5. The van der Waals surface area contributed by atoms with Crippen LogP contribution in [-0.2, 0) is 31.9 Å². The van der Waals surface area contributed by atoms with Gasteiger partial charge in [0.1, 0.15) is 0 Å². The van der Waals surface area contributed by atoms with Crippen LogP contribution in [0, 0.1) is 5.92 Å². The molecule has 0 aromatic heterocycles. The predicted octanol–water partition coefficient (Wildman–Crippen LogP) is 7.62. The van der Waals surface area contributed by atoms with Crippen molar-refractivity contribution in [3.8, 4) is 0 Å². The average Bonchev–Trinajstić information content (AvgIpc) is 3.00. The normalized spacial score (nSPS) is 17.4. The van der Waals surface area contributed by atoms with Gasteiger partial charge < -0.3 is 14.6 Å². The summed E-state index contributed by atoms with van der Waals surface area (Å²) in [6, 6.07) is 18.3. The molecule has 1 atom stereocenters. The van der Waals surface area contributed by atoms with Gasteiger partial charge in [-0.1, -0.05) is 81.5 Å². The first-order valence-corrected chi connectivity index (χ1v) is 15.3. The zero-order valence-electron chi connectivity index (χ0n) is 25.0. The Kier molecular flexibility index (Phi) is 13.4. The van der Waals surface area contributed by atoms with E-state index < -0.39 is 18.5 Å². The van der Waals surface area contributed by atoms with Gasteiger partial charge in [-0.15, -0.1) is 0 Å². The van der Waals surface area contributed by atoms with Crippen LogP contribution >= 0.6 is 0 Å². The van der Waals surface area contributed by atoms with Gasteiger partial charge in [-0.3, -0.25) is 0 Å². The van der Waals surface area contributed by atoms with Crippen molar-refractivity contribution < 1.29 is 24.2 Å². The number of esters is 2. The second kappa shape index (κ2) is 16.9. The number of hydrogen-bond donors (Lipinski definition) is 1. The maximum Gasteiger partial charge on any atom is 0.335 e. The summed E-state index contributed by atoms with van der Waals surface area (Å²) in [6.45, 7) is 10.7. The van der Waals surface area contributed by atoms with E-state index in [0.717, 1.165) is 6.42 Å². The van der Waals surface area contributed by atoms with E-state index >= 15 is 0 Å². The zero-order chi connectivity index (χ0) is 29.6. The lowest BCUT2D eigenvalue weighted by atomic mass is 9.76. The van der Waals surface area contributed by atoms with Crippen LogP contribution in [0.1, 0.15) is 99.3 Å². The molecule has 1 unspecified atom stereocenters. The minimum absolute atomic E-state index is 0.00279. The summed E-state index contributed by atoms with van der Waals surface area (Å²) >= 11 is 0. The number of aryl methyl sites for hydroxylation is 2. The van der Waals surface area contributed by atoms with Crippen molar-refractivity contribution in [3.05, 3.63) is 95.1 Å². The molecule has 1 saturated carbocycles. The first-order chi connectivity index (χ1) is 19.8. The summed E-state index contributed by atoms with van der Waals surface area (Å²) in [7, 11) is 0. The molecule has 1 N–H and O–H groups in total. The summed E-state index contributed by atoms with van der Waals surface area (Å²) in [5.74, 6) is -0.00680. The number of carbonyl (C=O) groups is 2. The molecule has 5 nitrogen and oxygen atoms in total. The molecule has 0 aliphatic heterocycles. The summed E-state index contributed by atoms with van der Waals surface area (Å²) in [4.78, 5) is 23.8. The highest BCUT2D eigenvalue weighted by Gasteiger charge is 2.23. The second-order valence-corrected chi connectivity index (χ2v) is 11.6. The summed E-state index contributed by atoms with van der Waals surface area (Å²) in [5, 5.41) is 9.10. The van der Waals surface area contributed by atoms with E-state index in [1.807, 2.05) is 0 Å². The van der Waals surface area contributed by atoms with E-state index in [9.17, 15) is 9.59 Å². The number of aliphatic hydroxyl groups is 1. The molecule has 0 saturated heterocycles. The number of ether oxygens (including phenoxy) is 2. The van der Waals surface area contributed by atoms with Gasteiger partial charge in [0.25, 0.3) is 0 Å². The van der Waals surface area contributed by atoms with Gasteiger partial charge in [0.15, 0.2) is 0 Å². The highest BCUT2D eigenvalue weighted by Crippen LogP contribution is 2.40. The van der Waals surface area contributed by atoms with E-state index in [0.29, 0.717) is 23.8 Å². The fourth-order valence-corrected chi connectivity index (χ4v) is 5.51. The Morgan fingerprint density at radius 3 is 1.76 bits per heavy atom. The molecule has 1 aliphatic rings. The van der Waals surface area contributed by atoms with E-state index in [4.69, 9.17) is 14.6 Å². The monoisotopic (exact) mass is 560 g/mol. The van der Waals surface area contributed by atoms with Crippen molar-refractivity contribution in [1.82, 2.24) is 0 Å². The second-order valence-electron chi connectivity index (χ2n) is 11.6. The quantitative estimate of drug-likeness (QED) is 0.130. The molecule has 2 aromatic rings. The molecule has 1 fully saturated rings. The van der Waals surface area contributed by atoms with Gasteiger partial charge in [-0.25, -0.2) is 9.59 Å². The highest BCUT2D eigenvalue weighted by atomic mass is 16.5. The highest BCUT2D eigenvalue weighted by molar-refractivity contribution is 5.88. The third-order valence-corrected chi connectivity index (χ3v) is 8.27. The molecule has 0 amide bonds. The van der Waals surface area contributed by atoms with Crippen LogP contribution in [0.15, 0.2) is 72.8 Å². The first-order valence-electron chi connectivity index (χ1n) is 15.3. The molecule has 0 heterocycles. The minimum atomic E-state index is -0.637. The summed E-state index contributed by atoms with van der Waals surface area (Å²) in [6.07, 6.45) is 11.4. The molecule has 0 bridgehead atoms. The Morgan fingerprint density at radius 1 is 0.805 bits per heavy atom. The fourth-order valence-electron chi connectivity index (χ4n) is 5.51. The molecule has 41 heavy (non-hydrogen) atoms. The van der Waals surface area contributed by atoms with Gasteiger partial charge in [0.2, 0.25) is 0 Å². The van der Waals surface area contributed by atoms with Gasteiger partial charge >= 0.3 is 11.9 Å². The lowest BCUT2D eigenvalue weighted by Gasteiger charge is -2.29. The van der Waals surface area contributed by atoms with Crippen LogP contribution in [0.5, 0.6) is 0 Å². The van der Waals surface area contributed by atoms with E-state index in [2.05, 4.69) is 68.6 Å². The lowest BCUT2D eigenvalue weighted by Crippen LogP contribution is -2.22. The standard InChI is InChI=1S/C36H48O5/c1-5-6-7-8-28-11-15-31(16-12-28)33-19-21-34(22-20-33)32-17-13-29(14-18-32)9-10-30(24-40-35(38)26(2)3)25-41-36(39)27(4)23-37/h11-18,30,33-34,37H,2,4-10,19-25H2,1,3H3.